The lowest BCUT2D eigenvalue weighted by atomic mass is 10.1. The highest BCUT2D eigenvalue weighted by Crippen LogP contribution is 2.38. The first-order valence-electron chi connectivity index (χ1n) is 10.7. The van der Waals surface area contributed by atoms with E-state index in [0.29, 0.717) is 37.3 Å². The van der Waals surface area contributed by atoms with Crippen molar-refractivity contribution < 1.29 is 28.6 Å². The number of carbonyl (C=O) groups excluding carboxylic acids is 3. The molecular weight excluding hydrogens is 587 g/mol. The van der Waals surface area contributed by atoms with Gasteiger partial charge in [0, 0.05) is 15.6 Å². The van der Waals surface area contributed by atoms with Crippen LogP contribution < -0.4 is 24.4 Å². The number of amides is 4. The highest BCUT2D eigenvalue weighted by atomic mass is 79.9. The standard InChI is InChI=1S/C26H19BrCl2N2O6/c1-35-18-7-5-17(6-8-18)31-25(33)19(24(32)30-26(31)34)9-14-10-20(27)23(22(11-14)36-2)37-13-15-3-4-16(28)12-21(15)29/h3-12H,13H2,1-2H3,(H,30,32,34)/b19-9+. The molecule has 0 radical (unpaired) electrons. The van der Waals surface area contributed by atoms with Crippen LogP contribution in [-0.2, 0) is 16.2 Å². The number of anilines is 1. The van der Waals surface area contributed by atoms with Crippen LogP contribution in [0.5, 0.6) is 17.2 Å². The van der Waals surface area contributed by atoms with Gasteiger partial charge in [0.2, 0.25) is 0 Å². The topological polar surface area (TPSA) is 94.2 Å². The predicted octanol–water partition coefficient (Wildman–Crippen LogP) is 6.02. The lowest BCUT2D eigenvalue weighted by Gasteiger charge is -2.26. The fourth-order valence-electron chi connectivity index (χ4n) is 3.54. The monoisotopic (exact) mass is 604 g/mol. The molecule has 1 aliphatic rings. The molecule has 0 atom stereocenters. The molecule has 4 rings (SSSR count). The largest absolute Gasteiger partial charge is 0.497 e. The summed E-state index contributed by atoms with van der Waals surface area (Å²) in [5, 5.41) is 3.17. The molecule has 11 heteroatoms. The highest BCUT2D eigenvalue weighted by Gasteiger charge is 2.37. The van der Waals surface area contributed by atoms with Gasteiger partial charge in [-0.2, -0.15) is 0 Å². The molecule has 0 aliphatic carbocycles. The number of imide groups is 2. The summed E-state index contributed by atoms with van der Waals surface area (Å²) in [4.78, 5) is 39.1. The van der Waals surface area contributed by atoms with Crippen LogP contribution in [0.1, 0.15) is 11.1 Å². The van der Waals surface area contributed by atoms with Crippen molar-refractivity contribution in [2.45, 2.75) is 6.61 Å². The number of ether oxygens (including phenoxy) is 3. The van der Waals surface area contributed by atoms with Crippen LogP contribution in [0.25, 0.3) is 6.08 Å². The van der Waals surface area contributed by atoms with Gasteiger partial charge in [-0.1, -0.05) is 29.3 Å². The molecule has 3 aromatic carbocycles. The van der Waals surface area contributed by atoms with Crippen molar-refractivity contribution in [2.75, 3.05) is 19.1 Å². The second kappa shape index (κ2) is 11.2. The third-order valence-corrected chi connectivity index (χ3v) is 6.56. The van der Waals surface area contributed by atoms with E-state index in [1.54, 1.807) is 54.6 Å². The number of hydrogen-bond acceptors (Lipinski definition) is 6. The smallest absolute Gasteiger partial charge is 0.335 e. The quantitative estimate of drug-likeness (QED) is 0.261. The Morgan fingerprint density at radius 1 is 0.973 bits per heavy atom. The molecule has 0 unspecified atom stereocenters. The Bertz CT molecular complexity index is 1430. The number of urea groups is 1. The Kier molecular flexibility index (Phi) is 8.06. The molecule has 1 saturated heterocycles. The molecular formula is C26H19BrCl2N2O6. The first-order chi connectivity index (χ1) is 17.7. The second-order valence-electron chi connectivity index (χ2n) is 7.71. The fraction of sp³-hybridized carbons (Fsp3) is 0.115. The number of carbonyl (C=O) groups is 3. The minimum absolute atomic E-state index is 0.144. The van der Waals surface area contributed by atoms with Gasteiger partial charge in [0.15, 0.2) is 11.5 Å². The molecule has 4 amide bonds. The molecule has 190 valence electrons. The average molecular weight is 606 g/mol. The van der Waals surface area contributed by atoms with Crippen molar-refractivity contribution in [3.63, 3.8) is 0 Å². The minimum Gasteiger partial charge on any atom is -0.497 e. The zero-order valence-corrected chi connectivity index (χ0v) is 22.6. The Balaban J connectivity index is 1.63. The molecule has 1 N–H and O–H groups in total. The summed E-state index contributed by atoms with van der Waals surface area (Å²) in [5.74, 6) is -0.291. The molecule has 3 aromatic rings. The van der Waals surface area contributed by atoms with Gasteiger partial charge in [0.1, 0.15) is 17.9 Å². The summed E-state index contributed by atoms with van der Waals surface area (Å²) in [7, 11) is 2.96. The van der Waals surface area contributed by atoms with E-state index in [1.165, 1.54) is 20.3 Å². The van der Waals surface area contributed by atoms with Gasteiger partial charge in [-0.3, -0.25) is 14.9 Å². The van der Waals surface area contributed by atoms with Crippen LogP contribution in [0.4, 0.5) is 10.5 Å². The third kappa shape index (κ3) is 5.74. The van der Waals surface area contributed by atoms with E-state index >= 15 is 0 Å². The van der Waals surface area contributed by atoms with Crippen molar-refractivity contribution in [1.29, 1.82) is 0 Å². The molecule has 1 fully saturated rings. The maximum absolute atomic E-state index is 13.2. The number of halogens is 3. The van der Waals surface area contributed by atoms with E-state index in [1.807, 2.05) is 0 Å². The zero-order valence-electron chi connectivity index (χ0n) is 19.5. The molecule has 1 heterocycles. The van der Waals surface area contributed by atoms with Crippen LogP contribution in [0, 0.1) is 0 Å². The predicted molar refractivity (Wildman–Crippen MR) is 143 cm³/mol. The summed E-state index contributed by atoms with van der Waals surface area (Å²) >= 11 is 15.6. The zero-order chi connectivity index (χ0) is 26.7. The molecule has 8 nitrogen and oxygen atoms in total. The van der Waals surface area contributed by atoms with Gasteiger partial charge in [-0.15, -0.1) is 0 Å². The Hall–Kier alpha value is -3.53. The van der Waals surface area contributed by atoms with Gasteiger partial charge in [0.25, 0.3) is 11.8 Å². The van der Waals surface area contributed by atoms with Crippen LogP contribution >= 0.6 is 39.1 Å². The number of benzene rings is 3. The number of nitrogens with zero attached hydrogens (tertiary/aromatic N) is 1. The molecule has 0 spiro atoms. The maximum Gasteiger partial charge on any atom is 0.335 e. The van der Waals surface area contributed by atoms with Crippen molar-refractivity contribution in [3.05, 3.63) is 85.8 Å². The summed E-state index contributed by atoms with van der Waals surface area (Å²) in [6, 6.07) is 13.8. The van der Waals surface area contributed by atoms with Gasteiger partial charge >= 0.3 is 6.03 Å². The third-order valence-electron chi connectivity index (χ3n) is 5.38. The molecule has 37 heavy (non-hydrogen) atoms. The normalized spacial score (nSPS) is 14.6. The number of nitrogens with one attached hydrogen (secondary N) is 1. The maximum atomic E-state index is 13.2. The first-order valence-corrected chi connectivity index (χ1v) is 12.3. The minimum atomic E-state index is -0.847. The fourth-order valence-corrected chi connectivity index (χ4v) is 4.58. The molecule has 0 saturated carbocycles. The lowest BCUT2D eigenvalue weighted by Crippen LogP contribution is -2.54. The Morgan fingerprint density at radius 2 is 1.70 bits per heavy atom. The summed E-state index contributed by atoms with van der Waals surface area (Å²) in [6.45, 7) is 0.144. The van der Waals surface area contributed by atoms with Crippen LogP contribution in [-0.4, -0.2) is 32.1 Å². The van der Waals surface area contributed by atoms with Crippen LogP contribution in [0.15, 0.2) is 64.6 Å². The van der Waals surface area contributed by atoms with E-state index < -0.39 is 17.8 Å². The Morgan fingerprint density at radius 3 is 2.35 bits per heavy atom. The van der Waals surface area contributed by atoms with E-state index in [9.17, 15) is 14.4 Å². The lowest BCUT2D eigenvalue weighted by molar-refractivity contribution is -0.122. The number of rotatable bonds is 7. The molecule has 1 aliphatic heterocycles. The number of methoxy groups -OCH3 is 2. The SMILES string of the molecule is COc1ccc(N2C(=O)NC(=O)/C(=C\c3cc(Br)c(OCc4ccc(Cl)cc4Cl)c(OC)c3)C2=O)cc1. The number of hydrogen-bond donors (Lipinski definition) is 1. The molecule has 0 bridgehead atoms. The van der Waals surface area contributed by atoms with Crippen molar-refractivity contribution in [1.82, 2.24) is 5.32 Å². The van der Waals surface area contributed by atoms with E-state index in [4.69, 9.17) is 37.4 Å². The second-order valence-corrected chi connectivity index (χ2v) is 9.41. The van der Waals surface area contributed by atoms with Gasteiger partial charge in [-0.05, 0) is 76.1 Å². The average Bonchev–Trinajstić information content (AvgIpc) is 2.87. The summed E-state index contributed by atoms with van der Waals surface area (Å²) in [5.41, 5.74) is 1.23. The highest BCUT2D eigenvalue weighted by molar-refractivity contribution is 9.10. The van der Waals surface area contributed by atoms with Crippen LogP contribution in [0.2, 0.25) is 10.0 Å². The van der Waals surface area contributed by atoms with Crippen LogP contribution in [0.3, 0.4) is 0 Å². The first kappa shape index (κ1) is 26.5. The van der Waals surface area contributed by atoms with Crippen molar-refractivity contribution >= 4 is 68.7 Å². The van der Waals surface area contributed by atoms with Crippen molar-refractivity contribution in [2.24, 2.45) is 0 Å². The van der Waals surface area contributed by atoms with Gasteiger partial charge < -0.3 is 14.2 Å². The Labute approximate surface area is 230 Å². The summed E-state index contributed by atoms with van der Waals surface area (Å²) < 4.78 is 17.0. The number of barbiturate groups is 1. The van der Waals surface area contributed by atoms with E-state index in [0.717, 1.165) is 10.5 Å². The van der Waals surface area contributed by atoms with Gasteiger partial charge in [-0.25, -0.2) is 9.69 Å². The summed E-state index contributed by atoms with van der Waals surface area (Å²) in [6.07, 6.45) is 1.37. The van der Waals surface area contributed by atoms with E-state index in [-0.39, 0.29) is 17.9 Å². The van der Waals surface area contributed by atoms with Gasteiger partial charge in [0.05, 0.1) is 24.4 Å². The molecule has 0 aromatic heterocycles. The van der Waals surface area contributed by atoms with Crippen molar-refractivity contribution in [3.8, 4) is 17.2 Å². The van der Waals surface area contributed by atoms with E-state index in [2.05, 4.69) is 21.2 Å².